The van der Waals surface area contributed by atoms with Crippen molar-refractivity contribution >= 4 is 5.91 Å². The number of halogens is 1. The smallest absolute Gasteiger partial charge is 0.255 e. The molecule has 0 aliphatic heterocycles. The van der Waals surface area contributed by atoms with E-state index >= 15 is 0 Å². The largest absolute Gasteiger partial charge is 0.341 e. The van der Waals surface area contributed by atoms with Crippen LogP contribution >= 0.6 is 0 Å². The van der Waals surface area contributed by atoms with Gasteiger partial charge >= 0.3 is 0 Å². The van der Waals surface area contributed by atoms with Crippen LogP contribution in [-0.4, -0.2) is 10.9 Å². The van der Waals surface area contributed by atoms with E-state index < -0.39 is 11.7 Å². The average Bonchev–Trinajstić information content (AvgIpc) is 2.61. The van der Waals surface area contributed by atoms with Crippen LogP contribution in [0.2, 0.25) is 0 Å². The number of pyridine rings is 1. The van der Waals surface area contributed by atoms with Gasteiger partial charge in [-0.1, -0.05) is 42.5 Å². The number of nitrogens with zero attached hydrogens (tertiary/aromatic N) is 1. The van der Waals surface area contributed by atoms with Crippen LogP contribution in [0, 0.1) is 5.82 Å². The maximum Gasteiger partial charge on any atom is 0.255 e. The third-order valence-electron chi connectivity index (χ3n) is 3.57. The second-order valence-corrected chi connectivity index (χ2v) is 5.08. The molecular formula is C19H15FN2O. The molecule has 1 aromatic heterocycles. The van der Waals surface area contributed by atoms with Gasteiger partial charge in [0.25, 0.3) is 5.91 Å². The molecule has 0 spiro atoms. The normalized spacial score (nSPS) is 11.7. The van der Waals surface area contributed by atoms with Gasteiger partial charge in [-0.15, -0.1) is 0 Å². The quantitative estimate of drug-likeness (QED) is 0.798. The van der Waals surface area contributed by atoms with E-state index in [1.54, 1.807) is 24.5 Å². The summed E-state index contributed by atoms with van der Waals surface area (Å²) in [5.41, 5.74) is 1.83. The molecule has 0 aliphatic carbocycles. The predicted molar refractivity (Wildman–Crippen MR) is 86.4 cm³/mol. The molecule has 0 unspecified atom stereocenters. The van der Waals surface area contributed by atoms with Crippen molar-refractivity contribution < 1.29 is 9.18 Å². The van der Waals surface area contributed by atoms with Gasteiger partial charge in [-0.25, -0.2) is 4.39 Å². The van der Waals surface area contributed by atoms with Gasteiger partial charge in [-0.3, -0.25) is 9.78 Å². The molecule has 3 rings (SSSR count). The van der Waals surface area contributed by atoms with Gasteiger partial charge < -0.3 is 5.32 Å². The molecule has 0 bridgehead atoms. The van der Waals surface area contributed by atoms with Crippen LogP contribution in [0.1, 0.15) is 27.5 Å². The van der Waals surface area contributed by atoms with Gasteiger partial charge in [0.1, 0.15) is 5.82 Å². The van der Waals surface area contributed by atoms with Crippen LogP contribution in [-0.2, 0) is 0 Å². The Labute approximate surface area is 133 Å². The Bertz CT molecular complexity index is 751. The third kappa shape index (κ3) is 3.43. The molecule has 114 valence electrons. The number of hydrogen-bond donors (Lipinski definition) is 1. The van der Waals surface area contributed by atoms with E-state index in [-0.39, 0.29) is 11.6 Å². The van der Waals surface area contributed by atoms with E-state index in [2.05, 4.69) is 10.3 Å². The van der Waals surface area contributed by atoms with Crippen LogP contribution in [0.25, 0.3) is 0 Å². The number of benzene rings is 2. The SMILES string of the molecule is O=C(N[C@H](c1ccccc1)c1ccncc1)c1ccccc1F. The molecule has 0 saturated carbocycles. The van der Waals surface area contributed by atoms with Crippen molar-refractivity contribution in [2.45, 2.75) is 6.04 Å². The van der Waals surface area contributed by atoms with E-state index in [0.717, 1.165) is 11.1 Å². The Balaban J connectivity index is 1.94. The Morgan fingerprint density at radius 2 is 1.48 bits per heavy atom. The number of nitrogens with one attached hydrogen (secondary N) is 1. The van der Waals surface area contributed by atoms with Gasteiger partial charge in [0.15, 0.2) is 0 Å². The summed E-state index contributed by atoms with van der Waals surface area (Å²) < 4.78 is 13.8. The average molecular weight is 306 g/mol. The summed E-state index contributed by atoms with van der Waals surface area (Å²) in [6.45, 7) is 0. The molecular weight excluding hydrogens is 291 g/mol. The number of rotatable bonds is 4. The molecule has 0 fully saturated rings. The zero-order valence-electron chi connectivity index (χ0n) is 12.3. The fourth-order valence-corrected chi connectivity index (χ4v) is 2.41. The summed E-state index contributed by atoms with van der Waals surface area (Å²) >= 11 is 0. The van der Waals surface area contributed by atoms with Crippen molar-refractivity contribution in [2.24, 2.45) is 0 Å². The van der Waals surface area contributed by atoms with E-state index in [9.17, 15) is 9.18 Å². The highest BCUT2D eigenvalue weighted by molar-refractivity contribution is 5.94. The molecule has 1 heterocycles. The first-order chi connectivity index (χ1) is 11.3. The van der Waals surface area contributed by atoms with Crippen molar-refractivity contribution in [3.63, 3.8) is 0 Å². The van der Waals surface area contributed by atoms with Crippen LogP contribution < -0.4 is 5.32 Å². The molecule has 1 atom stereocenters. The minimum absolute atomic E-state index is 0.0301. The Morgan fingerprint density at radius 3 is 2.17 bits per heavy atom. The summed E-state index contributed by atoms with van der Waals surface area (Å²) in [5.74, 6) is -0.986. The maximum absolute atomic E-state index is 13.8. The summed E-state index contributed by atoms with van der Waals surface area (Å²) in [4.78, 5) is 16.5. The maximum atomic E-state index is 13.8. The van der Waals surface area contributed by atoms with Crippen molar-refractivity contribution in [1.29, 1.82) is 0 Å². The number of carbonyl (C=O) groups excluding carboxylic acids is 1. The lowest BCUT2D eigenvalue weighted by atomic mass is 9.99. The zero-order valence-corrected chi connectivity index (χ0v) is 12.3. The molecule has 3 nitrogen and oxygen atoms in total. The third-order valence-corrected chi connectivity index (χ3v) is 3.57. The standard InChI is InChI=1S/C19H15FN2O/c20-17-9-5-4-8-16(17)19(23)22-18(14-6-2-1-3-7-14)15-10-12-21-13-11-15/h1-13,18H,(H,22,23)/t18-/m1/s1. The van der Waals surface area contributed by atoms with Crippen LogP contribution in [0.3, 0.4) is 0 Å². The number of carbonyl (C=O) groups is 1. The lowest BCUT2D eigenvalue weighted by molar-refractivity contribution is 0.0939. The van der Waals surface area contributed by atoms with Crippen molar-refractivity contribution in [3.8, 4) is 0 Å². The Kier molecular flexibility index (Phi) is 4.43. The first-order valence-corrected chi connectivity index (χ1v) is 7.26. The van der Waals surface area contributed by atoms with Gasteiger partial charge in [0.05, 0.1) is 11.6 Å². The summed E-state index contributed by atoms with van der Waals surface area (Å²) in [7, 11) is 0. The highest BCUT2D eigenvalue weighted by atomic mass is 19.1. The molecule has 2 aromatic carbocycles. The minimum atomic E-state index is -0.536. The molecule has 1 N–H and O–H groups in total. The number of hydrogen-bond acceptors (Lipinski definition) is 2. The lowest BCUT2D eigenvalue weighted by Crippen LogP contribution is -2.30. The van der Waals surface area contributed by atoms with Crippen LogP contribution in [0.15, 0.2) is 79.1 Å². The van der Waals surface area contributed by atoms with Gasteiger partial charge in [-0.2, -0.15) is 0 Å². The van der Waals surface area contributed by atoms with Crippen molar-refractivity contribution in [2.75, 3.05) is 0 Å². The topological polar surface area (TPSA) is 42.0 Å². The predicted octanol–water partition coefficient (Wildman–Crippen LogP) is 3.74. The van der Waals surface area contributed by atoms with Crippen molar-refractivity contribution in [1.82, 2.24) is 10.3 Å². The fourth-order valence-electron chi connectivity index (χ4n) is 2.41. The van der Waals surface area contributed by atoms with E-state index in [4.69, 9.17) is 0 Å². The Morgan fingerprint density at radius 1 is 0.870 bits per heavy atom. The van der Waals surface area contributed by atoms with E-state index in [1.807, 2.05) is 42.5 Å². The van der Waals surface area contributed by atoms with Gasteiger partial charge in [0, 0.05) is 12.4 Å². The monoisotopic (exact) mass is 306 g/mol. The second-order valence-electron chi connectivity index (χ2n) is 5.08. The molecule has 0 saturated heterocycles. The van der Waals surface area contributed by atoms with Crippen LogP contribution in [0.5, 0.6) is 0 Å². The number of amides is 1. The highest BCUT2D eigenvalue weighted by Crippen LogP contribution is 2.22. The first kappa shape index (κ1) is 14.9. The Hall–Kier alpha value is -3.01. The fraction of sp³-hybridized carbons (Fsp3) is 0.0526. The highest BCUT2D eigenvalue weighted by Gasteiger charge is 2.19. The second kappa shape index (κ2) is 6.83. The van der Waals surface area contributed by atoms with E-state index in [0.29, 0.717) is 0 Å². The zero-order chi connectivity index (χ0) is 16.1. The molecule has 0 radical (unpaired) electrons. The first-order valence-electron chi connectivity index (χ1n) is 7.26. The van der Waals surface area contributed by atoms with Gasteiger partial charge in [0.2, 0.25) is 0 Å². The van der Waals surface area contributed by atoms with Crippen molar-refractivity contribution in [3.05, 3.63) is 102 Å². The molecule has 23 heavy (non-hydrogen) atoms. The van der Waals surface area contributed by atoms with Crippen LogP contribution in [0.4, 0.5) is 4.39 Å². The molecule has 3 aromatic rings. The molecule has 4 heteroatoms. The summed E-state index contributed by atoms with van der Waals surface area (Å²) in [6, 6.07) is 18.8. The molecule has 0 aliphatic rings. The molecule has 1 amide bonds. The number of aromatic nitrogens is 1. The van der Waals surface area contributed by atoms with Gasteiger partial charge in [-0.05, 0) is 35.4 Å². The lowest BCUT2D eigenvalue weighted by Gasteiger charge is -2.20. The summed E-state index contributed by atoms with van der Waals surface area (Å²) in [6.07, 6.45) is 3.33. The minimum Gasteiger partial charge on any atom is -0.341 e. The summed E-state index contributed by atoms with van der Waals surface area (Å²) in [5, 5.41) is 2.90. The van der Waals surface area contributed by atoms with E-state index in [1.165, 1.54) is 12.1 Å².